The van der Waals surface area contributed by atoms with Crippen molar-refractivity contribution in [1.82, 2.24) is 4.57 Å². The van der Waals surface area contributed by atoms with Gasteiger partial charge in [-0.05, 0) is 95.3 Å². The number of hydrogen-bond acceptors (Lipinski definition) is 0. The summed E-state index contributed by atoms with van der Waals surface area (Å²) in [5.41, 5.74) is 11.1. The highest BCUT2D eigenvalue weighted by Crippen LogP contribution is 2.47. The number of nitrogens with zero attached hydrogens (tertiary/aromatic N) is 1. The minimum atomic E-state index is 1.17. The first-order chi connectivity index (χ1) is 26.3. The summed E-state index contributed by atoms with van der Waals surface area (Å²) < 4.78 is 2.43. The SMILES string of the molecule is c1ccc(-c2c3ccccc3c(-c3ccc(-c4cc5c6ccccc6n(-c6ccccc6)c5c5ccccc45)cc3)c3ccc4ccccc4c23)cc1. The predicted molar refractivity (Wildman–Crippen MR) is 227 cm³/mol. The minimum absolute atomic E-state index is 1.17. The van der Waals surface area contributed by atoms with Crippen LogP contribution in [-0.4, -0.2) is 4.57 Å². The number of rotatable bonds is 4. The molecule has 53 heavy (non-hydrogen) atoms. The molecule has 0 aliphatic heterocycles. The number of fused-ring (bicyclic) bond motifs is 9. The first-order valence-electron chi connectivity index (χ1n) is 18.4. The maximum absolute atomic E-state index is 2.43. The van der Waals surface area contributed by atoms with Crippen molar-refractivity contribution in [3.63, 3.8) is 0 Å². The highest BCUT2D eigenvalue weighted by atomic mass is 15.0. The second kappa shape index (κ2) is 11.8. The van der Waals surface area contributed by atoms with Gasteiger partial charge < -0.3 is 4.57 Å². The van der Waals surface area contributed by atoms with Gasteiger partial charge in [0.15, 0.2) is 0 Å². The van der Waals surface area contributed by atoms with Crippen LogP contribution in [0.25, 0.3) is 104 Å². The van der Waals surface area contributed by atoms with Crippen molar-refractivity contribution in [3.05, 3.63) is 200 Å². The van der Waals surface area contributed by atoms with Gasteiger partial charge in [-0.2, -0.15) is 0 Å². The molecule has 0 aliphatic carbocycles. The molecule has 0 saturated carbocycles. The van der Waals surface area contributed by atoms with Crippen LogP contribution in [-0.2, 0) is 0 Å². The van der Waals surface area contributed by atoms with Gasteiger partial charge in [-0.15, -0.1) is 0 Å². The molecular weight excluding hydrogens is 639 g/mol. The van der Waals surface area contributed by atoms with Gasteiger partial charge in [0.25, 0.3) is 0 Å². The summed E-state index contributed by atoms with van der Waals surface area (Å²) in [4.78, 5) is 0. The van der Waals surface area contributed by atoms with Gasteiger partial charge in [-0.1, -0.05) is 176 Å². The molecule has 0 bridgehead atoms. The standard InChI is InChI=1S/C52H33N/c1-3-16-36(17-4-1)50-43-24-11-10-23-42(43)49(45-32-31-34-15-7-8-20-39(34)51(45)50)37-29-27-35(28-30-37)46-33-47-41-22-13-14-26-48(41)53(38-18-5-2-6-19-38)52(47)44-25-12-9-21-40(44)46/h1-33H. The Kier molecular flexibility index (Phi) is 6.62. The quantitative estimate of drug-likeness (QED) is 0.130. The lowest BCUT2D eigenvalue weighted by Crippen LogP contribution is -1.94. The Hall–Kier alpha value is -6.96. The van der Waals surface area contributed by atoms with Crippen LogP contribution in [0.1, 0.15) is 0 Å². The molecule has 0 fully saturated rings. The maximum Gasteiger partial charge on any atom is 0.0619 e. The second-order valence-corrected chi connectivity index (χ2v) is 14.0. The molecular formula is C52H33N. The predicted octanol–water partition coefficient (Wildman–Crippen LogP) is 14.4. The first kappa shape index (κ1) is 29.7. The number of para-hydroxylation sites is 2. The van der Waals surface area contributed by atoms with E-state index < -0.39 is 0 Å². The van der Waals surface area contributed by atoms with E-state index in [1.807, 2.05) is 0 Å². The monoisotopic (exact) mass is 671 g/mol. The second-order valence-electron chi connectivity index (χ2n) is 14.0. The van der Waals surface area contributed by atoms with Crippen LogP contribution in [0.4, 0.5) is 0 Å². The molecule has 0 radical (unpaired) electrons. The van der Waals surface area contributed by atoms with Gasteiger partial charge >= 0.3 is 0 Å². The van der Waals surface area contributed by atoms with E-state index >= 15 is 0 Å². The maximum atomic E-state index is 2.43. The molecule has 0 amide bonds. The third-order valence-corrected chi connectivity index (χ3v) is 11.2. The van der Waals surface area contributed by atoms with Crippen LogP contribution in [0.3, 0.4) is 0 Å². The molecule has 11 aromatic rings. The molecule has 11 rings (SSSR count). The lowest BCUT2D eigenvalue weighted by atomic mass is 9.84. The Labute approximate surface area is 307 Å². The molecule has 1 nitrogen and oxygen atoms in total. The lowest BCUT2D eigenvalue weighted by Gasteiger charge is -2.19. The third kappa shape index (κ3) is 4.51. The Balaban J connectivity index is 1.16. The van der Waals surface area contributed by atoms with E-state index in [-0.39, 0.29) is 0 Å². The van der Waals surface area contributed by atoms with Crippen molar-refractivity contribution >= 4 is 64.9 Å². The molecule has 0 atom stereocenters. The van der Waals surface area contributed by atoms with Crippen molar-refractivity contribution in [2.75, 3.05) is 0 Å². The minimum Gasteiger partial charge on any atom is -0.309 e. The van der Waals surface area contributed by atoms with E-state index in [1.165, 1.54) is 104 Å². The van der Waals surface area contributed by atoms with E-state index in [1.54, 1.807) is 0 Å². The van der Waals surface area contributed by atoms with E-state index in [0.717, 1.165) is 0 Å². The summed E-state index contributed by atoms with van der Waals surface area (Å²) in [6, 6.07) is 73.4. The van der Waals surface area contributed by atoms with Gasteiger partial charge in [0.2, 0.25) is 0 Å². The van der Waals surface area contributed by atoms with Crippen LogP contribution >= 0.6 is 0 Å². The zero-order valence-corrected chi connectivity index (χ0v) is 29.0. The van der Waals surface area contributed by atoms with Crippen LogP contribution in [0.15, 0.2) is 200 Å². The molecule has 1 aromatic heterocycles. The topological polar surface area (TPSA) is 4.93 Å². The van der Waals surface area contributed by atoms with Gasteiger partial charge in [-0.25, -0.2) is 0 Å². The molecule has 10 aromatic carbocycles. The van der Waals surface area contributed by atoms with E-state index in [0.29, 0.717) is 0 Å². The van der Waals surface area contributed by atoms with E-state index in [4.69, 9.17) is 0 Å². The smallest absolute Gasteiger partial charge is 0.0619 e. The summed E-state index contributed by atoms with van der Waals surface area (Å²) in [6.07, 6.45) is 0. The summed E-state index contributed by atoms with van der Waals surface area (Å²) in [6.45, 7) is 0. The molecule has 0 saturated heterocycles. The van der Waals surface area contributed by atoms with E-state index in [9.17, 15) is 0 Å². The Morgan fingerprint density at radius 3 is 1.60 bits per heavy atom. The summed E-state index contributed by atoms with van der Waals surface area (Å²) in [5.74, 6) is 0. The Morgan fingerprint density at radius 1 is 0.302 bits per heavy atom. The van der Waals surface area contributed by atoms with Crippen molar-refractivity contribution in [2.24, 2.45) is 0 Å². The molecule has 0 aliphatic rings. The molecule has 1 heterocycles. The Bertz CT molecular complexity index is 3190. The number of aromatic nitrogens is 1. The third-order valence-electron chi connectivity index (χ3n) is 11.2. The van der Waals surface area contributed by atoms with Crippen molar-refractivity contribution in [2.45, 2.75) is 0 Å². The van der Waals surface area contributed by atoms with Crippen molar-refractivity contribution in [3.8, 4) is 39.1 Å². The zero-order valence-electron chi connectivity index (χ0n) is 29.0. The highest BCUT2D eigenvalue weighted by Gasteiger charge is 2.20. The summed E-state index contributed by atoms with van der Waals surface area (Å²) >= 11 is 0. The normalized spacial score (nSPS) is 11.8. The number of hydrogen-bond donors (Lipinski definition) is 0. The van der Waals surface area contributed by atoms with Gasteiger partial charge in [-0.3, -0.25) is 0 Å². The fourth-order valence-electron chi connectivity index (χ4n) is 8.89. The lowest BCUT2D eigenvalue weighted by molar-refractivity contribution is 1.19. The van der Waals surface area contributed by atoms with Gasteiger partial charge in [0.05, 0.1) is 11.0 Å². The Morgan fingerprint density at radius 2 is 0.849 bits per heavy atom. The van der Waals surface area contributed by atoms with Gasteiger partial charge in [0, 0.05) is 21.8 Å². The zero-order chi connectivity index (χ0) is 34.9. The van der Waals surface area contributed by atoms with Crippen LogP contribution < -0.4 is 0 Å². The fraction of sp³-hybridized carbons (Fsp3) is 0. The molecule has 246 valence electrons. The van der Waals surface area contributed by atoms with E-state index in [2.05, 4.69) is 205 Å². The van der Waals surface area contributed by atoms with Crippen LogP contribution in [0.5, 0.6) is 0 Å². The average Bonchev–Trinajstić information content (AvgIpc) is 3.57. The molecule has 0 N–H and O–H groups in total. The molecule has 0 unspecified atom stereocenters. The van der Waals surface area contributed by atoms with Crippen LogP contribution in [0.2, 0.25) is 0 Å². The highest BCUT2D eigenvalue weighted by molar-refractivity contribution is 6.28. The number of benzene rings is 10. The fourth-order valence-corrected chi connectivity index (χ4v) is 8.89. The van der Waals surface area contributed by atoms with Gasteiger partial charge in [0.1, 0.15) is 0 Å². The molecule has 1 heteroatoms. The summed E-state index contributed by atoms with van der Waals surface area (Å²) in [5, 5.41) is 12.7. The average molecular weight is 672 g/mol. The van der Waals surface area contributed by atoms with Crippen molar-refractivity contribution < 1.29 is 0 Å². The van der Waals surface area contributed by atoms with Crippen LogP contribution in [0, 0.1) is 0 Å². The summed E-state index contributed by atoms with van der Waals surface area (Å²) in [7, 11) is 0. The molecule has 0 spiro atoms. The largest absolute Gasteiger partial charge is 0.309 e. The first-order valence-corrected chi connectivity index (χ1v) is 18.4. The van der Waals surface area contributed by atoms with Crippen molar-refractivity contribution in [1.29, 1.82) is 0 Å².